The van der Waals surface area contributed by atoms with Crippen LogP contribution >= 0.6 is 0 Å². The number of esters is 1. The lowest BCUT2D eigenvalue weighted by molar-refractivity contribution is 0.0736. The molecule has 0 bridgehead atoms. The van der Waals surface area contributed by atoms with E-state index in [4.69, 9.17) is 4.74 Å². The van der Waals surface area contributed by atoms with E-state index in [2.05, 4.69) is 15.2 Å². The lowest BCUT2D eigenvalue weighted by atomic mass is 10.2. The molecular weight excluding hydrogens is 249 g/mol. The van der Waals surface area contributed by atoms with Gasteiger partial charge in [-0.05, 0) is 24.3 Å². The minimum absolute atomic E-state index is 0.270. The van der Waals surface area contributed by atoms with Gasteiger partial charge >= 0.3 is 5.97 Å². The van der Waals surface area contributed by atoms with Crippen molar-refractivity contribution in [2.24, 2.45) is 0 Å². The van der Waals surface area contributed by atoms with E-state index in [9.17, 15) is 9.18 Å². The molecular formula is C13H8FN3O2. The van der Waals surface area contributed by atoms with Crippen molar-refractivity contribution in [2.45, 2.75) is 0 Å². The molecule has 6 heteroatoms. The predicted octanol–water partition coefficient (Wildman–Crippen LogP) is 2.32. The Balaban J connectivity index is 1.92. The molecule has 2 heterocycles. The number of H-pyrrole nitrogens is 1. The van der Waals surface area contributed by atoms with Crippen LogP contribution in [0.3, 0.4) is 0 Å². The average Bonchev–Trinajstić information content (AvgIpc) is 2.89. The molecule has 19 heavy (non-hydrogen) atoms. The third-order valence-electron chi connectivity index (χ3n) is 2.61. The zero-order chi connectivity index (χ0) is 13.2. The van der Waals surface area contributed by atoms with E-state index in [0.29, 0.717) is 16.5 Å². The molecule has 0 spiro atoms. The molecule has 0 saturated heterocycles. The maximum Gasteiger partial charge on any atom is 0.345 e. The summed E-state index contributed by atoms with van der Waals surface area (Å²) in [5.74, 6) is -0.684. The van der Waals surface area contributed by atoms with Crippen LogP contribution < -0.4 is 4.74 Å². The molecule has 5 nitrogen and oxygen atoms in total. The van der Waals surface area contributed by atoms with E-state index in [1.165, 1.54) is 36.7 Å². The van der Waals surface area contributed by atoms with Gasteiger partial charge in [0.25, 0.3) is 0 Å². The van der Waals surface area contributed by atoms with Gasteiger partial charge in [0, 0.05) is 11.6 Å². The van der Waals surface area contributed by atoms with Gasteiger partial charge in [-0.3, -0.25) is 10.1 Å². The Morgan fingerprint density at radius 1 is 1.16 bits per heavy atom. The summed E-state index contributed by atoms with van der Waals surface area (Å²) in [5, 5.41) is 7.18. The summed E-state index contributed by atoms with van der Waals surface area (Å²) in [7, 11) is 0. The topological polar surface area (TPSA) is 67.9 Å². The summed E-state index contributed by atoms with van der Waals surface area (Å²) >= 11 is 0. The highest BCUT2D eigenvalue weighted by Gasteiger charge is 2.14. The van der Waals surface area contributed by atoms with Crippen molar-refractivity contribution in [3.8, 4) is 5.75 Å². The van der Waals surface area contributed by atoms with Crippen molar-refractivity contribution < 1.29 is 13.9 Å². The van der Waals surface area contributed by atoms with Gasteiger partial charge in [-0.1, -0.05) is 0 Å². The normalized spacial score (nSPS) is 10.6. The van der Waals surface area contributed by atoms with Crippen molar-refractivity contribution in [3.63, 3.8) is 0 Å². The van der Waals surface area contributed by atoms with E-state index < -0.39 is 11.8 Å². The summed E-state index contributed by atoms with van der Waals surface area (Å²) < 4.78 is 17.9. The molecule has 3 rings (SSSR count). The van der Waals surface area contributed by atoms with Crippen LogP contribution in [0, 0.1) is 5.82 Å². The van der Waals surface area contributed by atoms with Gasteiger partial charge in [-0.15, -0.1) is 0 Å². The van der Waals surface area contributed by atoms with Crippen LogP contribution in [0.1, 0.15) is 10.4 Å². The molecule has 0 aliphatic heterocycles. The molecule has 3 aromatic rings. The molecule has 94 valence electrons. The summed E-state index contributed by atoms with van der Waals surface area (Å²) in [4.78, 5) is 15.9. The van der Waals surface area contributed by atoms with Gasteiger partial charge in [-0.2, -0.15) is 5.10 Å². The lowest BCUT2D eigenvalue weighted by Crippen LogP contribution is -2.09. The smallest absolute Gasteiger partial charge is 0.345 e. The Morgan fingerprint density at radius 3 is 2.74 bits per heavy atom. The molecule has 0 aliphatic carbocycles. The fraction of sp³-hybridized carbons (Fsp3) is 0. The first-order chi connectivity index (χ1) is 9.24. The zero-order valence-electron chi connectivity index (χ0n) is 9.63. The predicted molar refractivity (Wildman–Crippen MR) is 65.2 cm³/mol. The Morgan fingerprint density at radius 2 is 1.95 bits per heavy atom. The first-order valence-corrected chi connectivity index (χ1v) is 5.49. The molecule has 0 aliphatic rings. The van der Waals surface area contributed by atoms with Crippen LogP contribution in [-0.2, 0) is 0 Å². The number of carbonyl (C=O) groups excluding carboxylic acids is 1. The molecule has 2 aromatic heterocycles. The van der Waals surface area contributed by atoms with E-state index in [1.54, 1.807) is 6.20 Å². The second-order valence-electron chi connectivity index (χ2n) is 3.86. The van der Waals surface area contributed by atoms with Crippen LogP contribution in [0.4, 0.5) is 4.39 Å². The van der Waals surface area contributed by atoms with Crippen LogP contribution in [0.25, 0.3) is 10.9 Å². The van der Waals surface area contributed by atoms with Gasteiger partial charge in [-0.25, -0.2) is 9.18 Å². The highest BCUT2D eigenvalue weighted by Crippen LogP contribution is 2.18. The van der Waals surface area contributed by atoms with Gasteiger partial charge < -0.3 is 4.74 Å². The fourth-order valence-corrected chi connectivity index (χ4v) is 1.69. The van der Waals surface area contributed by atoms with Crippen LogP contribution in [-0.4, -0.2) is 21.2 Å². The molecule has 0 amide bonds. The summed E-state index contributed by atoms with van der Waals surface area (Å²) in [6, 6.07) is 5.21. The highest BCUT2D eigenvalue weighted by atomic mass is 19.1. The number of carbonyl (C=O) groups is 1. The van der Waals surface area contributed by atoms with Gasteiger partial charge in [0.15, 0.2) is 0 Å². The zero-order valence-corrected chi connectivity index (χ0v) is 9.63. The molecule has 0 saturated carbocycles. The van der Waals surface area contributed by atoms with Crippen LogP contribution in [0.5, 0.6) is 5.75 Å². The molecule has 1 N–H and O–H groups in total. The number of hydrogen-bond acceptors (Lipinski definition) is 4. The third-order valence-corrected chi connectivity index (χ3v) is 2.61. The molecule has 0 fully saturated rings. The fourth-order valence-electron chi connectivity index (χ4n) is 1.69. The summed E-state index contributed by atoms with van der Waals surface area (Å²) in [6.45, 7) is 0. The minimum Gasteiger partial charge on any atom is -0.423 e. The Labute approximate surface area is 107 Å². The SMILES string of the molecule is O=C(Oc1ccc(F)cc1)c1cncc2[nH]ncc12. The lowest BCUT2D eigenvalue weighted by Gasteiger charge is -2.04. The van der Waals surface area contributed by atoms with Crippen molar-refractivity contribution >= 4 is 16.9 Å². The first kappa shape index (κ1) is 11.3. The Bertz CT molecular complexity index is 737. The number of benzene rings is 1. The maximum absolute atomic E-state index is 12.8. The second kappa shape index (κ2) is 4.49. The first-order valence-electron chi connectivity index (χ1n) is 5.49. The van der Waals surface area contributed by atoms with Crippen molar-refractivity contribution in [3.05, 3.63) is 54.2 Å². The van der Waals surface area contributed by atoms with Gasteiger partial charge in [0.1, 0.15) is 11.6 Å². The largest absolute Gasteiger partial charge is 0.423 e. The van der Waals surface area contributed by atoms with E-state index in [1.807, 2.05) is 0 Å². The Kier molecular flexibility index (Phi) is 2.68. The number of halogens is 1. The van der Waals surface area contributed by atoms with Crippen LogP contribution in [0.15, 0.2) is 42.9 Å². The number of fused-ring (bicyclic) bond motifs is 1. The second-order valence-corrected chi connectivity index (χ2v) is 3.86. The van der Waals surface area contributed by atoms with Crippen molar-refractivity contribution in [1.29, 1.82) is 0 Å². The number of ether oxygens (including phenoxy) is 1. The van der Waals surface area contributed by atoms with E-state index >= 15 is 0 Å². The quantitative estimate of drug-likeness (QED) is 0.565. The van der Waals surface area contributed by atoms with Gasteiger partial charge in [0.05, 0.1) is 23.5 Å². The molecule has 0 atom stereocenters. The maximum atomic E-state index is 12.8. The molecule has 0 unspecified atom stereocenters. The average molecular weight is 257 g/mol. The van der Waals surface area contributed by atoms with E-state index in [-0.39, 0.29) is 5.75 Å². The van der Waals surface area contributed by atoms with Crippen LogP contribution in [0.2, 0.25) is 0 Å². The number of aromatic nitrogens is 3. The molecule has 0 radical (unpaired) electrons. The Hall–Kier alpha value is -2.76. The number of nitrogens with one attached hydrogen (secondary N) is 1. The third kappa shape index (κ3) is 2.15. The number of pyridine rings is 1. The van der Waals surface area contributed by atoms with Gasteiger partial charge in [0.2, 0.25) is 0 Å². The number of hydrogen-bond donors (Lipinski definition) is 1. The number of rotatable bonds is 2. The minimum atomic E-state index is -0.564. The standard InChI is InChI=1S/C13H8FN3O2/c14-8-1-3-9(4-2-8)19-13(18)11-5-15-7-12-10(11)6-16-17-12/h1-7H,(H,16,17). The number of aromatic amines is 1. The van der Waals surface area contributed by atoms with Crippen molar-refractivity contribution in [1.82, 2.24) is 15.2 Å². The molecule has 1 aromatic carbocycles. The summed E-state index contributed by atoms with van der Waals surface area (Å²) in [5.41, 5.74) is 0.948. The summed E-state index contributed by atoms with van der Waals surface area (Å²) in [6.07, 6.45) is 4.50. The highest BCUT2D eigenvalue weighted by molar-refractivity contribution is 6.03. The number of nitrogens with zero attached hydrogens (tertiary/aromatic N) is 2. The monoisotopic (exact) mass is 257 g/mol. The van der Waals surface area contributed by atoms with Crippen molar-refractivity contribution in [2.75, 3.05) is 0 Å². The van der Waals surface area contributed by atoms with E-state index in [0.717, 1.165) is 0 Å².